The Morgan fingerprint density at radius 3 is 2.16 bits per heavy atom. The van der Waals surface area contributed by atoms with Crippen LogP contribution in [0.4, 0.5) is 0 Å². The van der Waals surface area contributed by atoms with Gasteiger partial charge < -0.3 is 18.9 Å². The lowest BCUT2D eigenvalue weighted by Gasteiger charge is -2.23. The summed E-state index contributed by atoms with van der Waals surface area (Å²) >= 11 is 0. The highest BCUT2D eigenvalue weighted by molar-refractivity contribution is 6.27. The van der Waals surface area contributed by atoms with Crippen molar-refractivity contribution in [1.29, 1.82) is 0 Å². The summed E-state index contributed by atoms with van der Waals surface area (Å²) in [5.41, 5.74) is 1.04. The number of rotatable bonds is 9. The van der Waals surface area contributed by atoms with Gasteiger partial charge in [-0.2, -0.15) is 0 Å². The smallest absolute Gasteiger partial charge is 0.333 e. The molecule has 0 bridgehead atoms. The maximum atomic E-state index is 13.2. The van der Waals surface area contributed by atoms with Gasteiger partial charge in [-0.05, 0) is 13.3 Å². The van der Waals surface area contributed by atoms with E-state index < -0.39 is 11.8 Å². The zero-order chi connectivity index (χ0) is 23.3. The van der Waals surface area contributed by atoms with Gasteiger partial charge in [0.1, 0.15) is 11.5 Å². The first-order chi connectivity index (χ1) is 15.3. The van der Waals surface area contributed by atoms with E-state index in [2.05, 4.69) is 4.74 Å². The molecular formula is C24H26O8. The maximum Gasteiger partial charge on any atom is 0.333 e. The molecule has 8 nitrogen and oxygen atoms in total. The van der Waals surface area contributed by atoms with Crippen molar-refractivity contribution in [2.75, 3.05) is 27.4 Å². The summed E-state index contributed by atoms with van der Waals surface area (Å²) in [7, 11) is 2.59. The van der Waals surface area contributed by atoms with Crippen LogP contribution in [0, 0.1) is 0 Å². The molecule has 0 N–H and O–H groups in total. The molecule has 1 aromatic carbocycles. The second-order valence-electron chi connectivity index (χ2n) is 7.72. The molecule has 0 radical (unpaired) electrons. The van der Waals surface area contributed by atoms with Gasteiger partial charge >= 0.3 is 5.97 Å². The lowest BCUT2D eigenvalue weighted by Crippen LogP contribution is -2.29. The molecule has 0 saturated carbocycles. The van der Waals surface area contributed by atoms with Crippen LogP contribution in [-0.2, 0) is 28.5 Å². The number of fused-ring (bicyclic) bond motifs is 1. The van der Waals surface area contributed by atoms with E-state index in [9.17, 15) is 19.2 Å². The van der Waals surface area contributed by atoms with Crippen molar-refractivity contribution in [2.24, 2.45) is 0 Å². The van der Waals surface area contributed by atoms with Crippen molar-refractivity contribution in [3.8, 4) is 0 Å². The molecule has 1 saturated heterocycles. The quantitative estimate of drug-likeness (QED) is 0.327. The Morgan fingerprint density at radius 1 is 1.00 bits per heavy atom. The van der Waals surface area contributed by atoms with Gasteiger partial charge in [-0.1, -0.05) is 24.3 Å². The molecule has 0 spiro atoms. The van der Waals surface area contributed by atoms with E-state index in [1.807, 2.05) is 0 Å². The number of carbonyl (C=O) groups is 4. The van der Waals surface area contributed by atoms with Gasteiger partial charge in [0.25, 0.3) is 0 Å². The molecule has 170 valence electrons. The van der Waals surface area contributed by atoms with Crippen LogP contribution in [-0.4, -0.2) is 56.5 Å². The minimum Gasteiger partial charge on any atom is -0.500 e. The largest absolute Gasteiger partial charge is 0.500 e. The second-order valence-corrected chi connectivity index (χ2v) is 7.72. The molecular weight excluding hydrogens is 416 g/mol. The maximum absolute atomic E-state index is 13.2. The standard InChI is InChI=1S/C24H26O8/c1-24(31-10-11-32-24)14-15(25)8-9-19-20(12-16(29-2)13-21(26)30-3)23(28)18-7-5-4-6-17(18)22(19)27/h4-7,13H,8-12,14H2,1-3H3/b16-13-. The predicted molar refractivity (Wildman–Crippen MR) is 113 cm³/mol. The fourth-order valence-corrected chi connectivity index (χ4v) is 3.85. The monoisotopic (exact) mass is 442 g/mol. The minimum atomic E-state index is -0.959. The van der Waals surface area contributed by atoms with E-state index in [1.165, 1.54) is 14.2 Å². The zero-order valence-corrected chi connectivity index (χ0v) is 18.4. The Balaban J connectivity index is 1.89. The molecule has 0 aromatic heterocycles. The first kappa shape index (κ1) is 23.6. The third-order valence-corrected chi connectivity index (χ3v) is 5.49. The van der Waals surface area contributed by atoms with Crippen LogP contribution in [0.5, 0.6) is 0 Å². The highest BCUT2D eigenvalue weighted by Gasteiger charge is 2.35. The highest BCUT2D eigenvalue weighted by atomic mass is 16.7. The third-order valence-electron chi connectivity index (χ3n) is 5.49. The number of methoxy groups -OCH3 is 2. The first-order valence-electron chi connectivity index (χ1n) is 10.3. The highest BCUT2D eigenvalue weighted by Crippen LogP contribution is 2.33. The van der Waals surface area contributed by atoms with E-state index >= 15 is 0 Å². The van der Waals surface area contributed by atoms with E-state index in [-0.39, 0.29) is 65.5 Å². The van der Waals surface area contributed by atoms with Crippen LogP contribution in [0.25, 0.3) is 0 Å². The Hall–Kier alpha value is -3.10. The number of hydrogen-bond acceptors (Lipinski definition) is 8. The molecule has 1 aliphatic carbocycles. The average molecular weight is 442 g/mol. The lowest BCUT2D eigenvalue weighted by molar-refractivity contribution is -0.158. The molecule has 0 unspecified atom stereocenters. The minimum absolute atomic E-state index is 0.0470. The summed E-state index contributed by atoms with van der Waals surface area (Å²) in [4.78, 5) is 50.7. The van der Waals surface area contributed by atoms with Crippen molar-refractivity contribution >= 4 is 23.3 Å². The summed E-state index contributed by atoms with van der Waals surface area (Å²) in [6.45, 7) is 2.56. The number of allylic oxidation sites excluding steroid dienone is 2. The molecule has 2 aliphatic rings. The van der Waals surface area contributed by atoms with Gasteiger partial charge in [0.2, 0.25) is 0 Å². The van der Waals surface area contributed by atoms with Crippen LogP contribution >= 0.6 is 0 Å². The third kappa shape index (κ3) is 5.20. The SMILES string of the molecule is COC(=O)/C=C(/CC1=C(CCC(=O)CC2(C)OCCO2)C(=O)c2ccccc2C1=O)OC. The number of hydrogen-bond donors (Lipinski definition) is 0. The Morgan fingerprint density at radius 2 is 1.59 bits per heavy atom. The van der Waals surface area contributed by atoms with Crippen LogP contribution in [0.3, 0.4) is 0 Å². The normalized spacial score (nSPS) is 17.9. The van der Waals surface area contributed by atoms with Crippen molar-refractivity contribution < 1.29 is 38.1 Å². The Labute approximate surface area is 186 Å². The van der Waals surface area contributed by atoms with Gasteiger partial charge in [0, 0.05) is 35.1 Å². The second kappa shape index (κ2) is 10.0. The summed E-state index contributed by atoms with van der Waals surface area (Å²) in [5, 5.41) is 0. The summed E-state index contributed by atoms with van der Waals surface area (Å²) in [6.07, 6.45) is 1.24. The molecule has 0 atom stereocenters. The first-order valence-corrected chi connectivity index (χ1v) is 10.3. The van der Waals surface area contributed by atoms with Crippen molar-refractivity contribution in [3.63, 3.8) is 0 Å². The van der Waals surface area contributed by atoms with E-state index in [0.717, 1.165) is 6.08 Å². The number of esters is 1. The van der Waals surface area contributed by atoms with Crippen molar-refractivity contribution in [1.82, 2.24) is 0 Å². The van der Waals surface area contributed by atoms with Crippen molar-refractivity contribution in [2.45, 2.75) is 38.4 Å². The van der Waals surface area contributed by atoms with Crippen LogP contribution < -0.4 is 0 Å². The summed E-state index contributed by atoms with van der Waals surface area (Å²) in [5.74, 6) is -2.20. The average Bonchev–Trinajstić information content (AvgIpc) is 3.21. The number of Topliss-reactive ketones (excluding diaryl/α,β-unsaturated/α-hetero) is 3. The molecule has 8 heteroatoms. The Kier molecular flexibility index (Phi) is 7.37. The van der Waals surface area contributed by atoms with E-state index in [4.69, 9.17) is 14.2 Å². The van der Waals surface area contributed by atoms with Gasteiger partial charge in [0.05, 0.1) is 39.9 Å². The molecule has 1 aliphatic heterocycles. The summed E-state index contributed by atoms with van der Waals surface area (Å²) < 4.78 is 20.8. The fourth-order valence-electron chi connectivity index (χ4n) is 3.85. The van der Waals surface area contributed by atoms with Crippen LogP contribution in [0.2, 0.25) is 0 Å². The number of carbonyl (C=O) groups excluding carboxylic acids is 4. The van der Waals surface area contributed by atoms with Crippen LogP contribution in [0.1, 0.15) is 53.3 Å². The van der Waals surface area contributed by atoms with Gasteiger partial charge in [-0.3, -0.25) is 14.4 Å². The van der Waals surface area contributed by atoms with Gasteiger partial charge in [-0.25, -0.2) is 4.79 Å². The topological polar surface area (TPSA) is 105 Å². The van der Waals surface area contributed by atoms with Crippen LogP contribution in [0.15, 0.2) is 47.2 Å². The molecule has 32 heavy (non-hydrogen) atoms. The number of ketones is 3. The fraction of sp³-hybridized carbons (Fsp3) is 0.417. The van der Waals surface area contributed by atoms with E-state index in [1.54, 1.807) is 31.2 Å². The zero-order valence-electron chi connectivity index (χ0n) is 18.4. The molecule has 3 rings (SSSR count). The molecule has 1 fully saturated rings. The van der Waals surface area contributed by atoms with Gasteiger partial charge in [-0.15, -0.1) is 0 Å². The Bertz CT molecular complexity index is 995. The number of benzene rings is 1. The van der Waals surface area contributed by atoms with Crippen molar-refractivity contribution in [3.05, 3.63) is 58.4 Å². The van der Waals surface area contributed by atoms with Gasteiger partial charge in [0.15, 0.2) is 17.4 Å². The van der Waals surface area contributed by atoms with E-state index in [0.29, 0.717) is 18.8 Å². The predicted octanol–water partition coefficient (Wildman–Crippen LogP) is 2.96. The molecule has 1 heterocycles. The lowest BCUT2D eigenvalue weighted by atomic mass is 9.80. The molecule has 0 amide bonds. The summed E-state index contributed by atoms with van der Waals surface area (Å²) in [6, 6.07) is 6.55. The number of ether oxygens (including phenoxy) is 4. The molecule has 1 aromatic rings.